The number of sulfonamides is 1. The van der Waals surface area contributed by atoms with Crippen LogP contribution < -0.4 is 4.72 Å². The number of hydrogen-bond donors (Lipinski definition) is 1. The van der Waals surface area contributed by atoms with Crippen molar-refractivity contribution in [3.05, 3.63) is 65.2 Å². The van der Waals surface area contributed by atoms with E-state index in [0.717, 1.165) is 45.7 Å². The molecule has 1 fully saturated rings. The Bertz CT molecular complexity index is 972. The Morgan fingerprint density at radius 1 is 1.03 bits per heavy atom. The maximum Gasteiger partial charge on any atom is 0.337 e. The van der Waals surface area contributed by atoms with Crippen molar-refractivity contribution in [1.29, 1.82) is 0 Å². The van der Waals surface area contributed by atoms with Gasteiger partial charge in [-0.1, -0.05) is 30.3 Å². The zero-order chi connectivity index (χ0) is 22.3. The van der Waals surface area contributed by atoms with Crippen molar-refractivity contribution in [1.82, 2.24) is 14.5 Å². The van der Waals surface area contributed by atoms with Crippen LogP contribution in [0.3, 0.4) is 0 Å². The number of ether oxygens (including phenoxy) is 1. The van der Waals surface area contributed by atoms with Crippen LogP contribution in [-0.4, -0.2) is 70.6 Å². The number of carbonyl (C=O) groups excluding carboxylic acids is 1. The smallest absolute Gasteiger partial charge is 0.337 e. The van der Waals surface area contributed by atoms with Crippen molar-refractivity contribution < 1.29 is 17.9 Å². The molecule has 0 amide bonds. The average molecular weight is 446 g/mol. The minimum absolute atomic E-state index is 0.190. The lowest BCUT2D eigenvalue weighted by atomic mass is 10.1. The van der Waals surface area contributed by atoms with Crippen molar-refractivity contribution in [2.24, 2.45) is 0 Å². The van der Waals surface area contributed by atoms with Crippen LogP contribution in [0.4, 0.5) is 0 Å². The molecular formula is C23H31N3O4S. The highest BCUT2D eigenvalue weighted by Crippen LogP contribution is 2.17. The third-order valence-electron chi connectivity index (χ3n) is 5.54. The molecule has 0 saturated carbocycles. The molecule has 3 rings (SSSR count). The lowest BCUT2D eigenvalue weighted by Crippen LogP contribution is -2.46. The number of rotatable bonds is 9. The number of carbonyl (C=O) groups is 1. The van der Waals surface area contributed by atoms with Gasteiger partial charge in [-0.05, 0) is 49.2 Å². The zero-order valence-corrected chi connectivity index (χ0v) is 19.0. The van der Waals surface area contributed by atoms with Crippen LogP contribution in [0.15, 0.2) is 53.4 Å². The minimum Gasteiger partial charge on any atom is -0.465 e. The quantitative estimate of drug-likeness (QED) is 0.471. The second-order valence-corrected chi connectivity index (χ2v) is 9.56. The molecule has 0 unspecified atom stereocenters. The first-order valence-corrected chi connectivity index (χ1v) is 12.0. The summed E-state index contributed by atoms with van der Waals surface area (Å²) in [6, 6.07) is 15.0. The summed E-state index contributed by atoms with van der Waals surface area (Å²) in [6.07, 6.45) is 0.747. The van der Waals surface area contributed by atoms with Crippen LogP contribution in [0.2, 0.25) is 0 Å². The molecule has 2 aromatic carbocycles. The SMILES string of the molecule is COC(=O)c1ccc(S(=O)(=O)NCCCN2CCN(Cc3ccccc3)CC2)c(C)c1. The number of nitrogens with one attached hydrogen (secondary N) is 1. The fourth-order valence-corrected chi connectivity index (χ4v) is 5.09. The van der Waals surface area contributed by atoms with Crippen LogP contribution in [0.1, 0.15) is 27.9 Å². The van der Waals surface area contributed by atoms with Gasteiger partial charge in [0.05, 0.1) is 17.6 Å². The molecule has 1 N–H and O–H groups in total. The Kier molecular flexibility index (Phi) is 8.20. The highest BCUT2D eigenvalue weighted by atomic mass is 32.2. The number of nitrogens with zero attached hydrogens (tertiary/aromatic N) is 2. The molecule has 1 heterocycles. The van der Waals surface area contributed by atoms with Gasteiger partial charge in [0.25, 0.3) is 0 Å². The van der Waals surface area contributed by atoms with Crippen LogP contribution in [0.25, 0.3) is 0 Å². The van der Waals surface area contributed by atoms with E-state index in [1.807, 2.05) is 6.07 Å². The Morgan fingerprint density at radius 2 is 1.71 bits per heavy atom. The van der Waals surface area contributed by atoms with Gasteiger partial charge in [0.1, 0.15) is 0 Å². The maximum absolute atomic E-state index is 12.6. The topological polar surface area (TPSA) is 78.9 Å². The highest BCUT2D eigenvalue weighted by molar-refractivity contribution is 7.89. The number of esters is 1. The third kappa shape index (κ3) is 6.61. The Morgan fingerprint density at radius 3 is 2.35 bits per heavy atom. The molecule has 0 radical (unpaired) electrons. The molecule has 0 spiro atoms. The van der Waals surface area contributed by atoms with E-state index in [4.69, 9.17) is 0 Å². The molecule has 0 bridgehead atoms. The van der Waals surface area contributed by atoms with Crippen LogP contribution >= 0.6 is 0 Å². The molecule has 8 heteroatoms. The molecule has 0 atom stereocenters. The number of benzene rings is 2. The Labute approximate surface area is 185 Å². The molecule has 1 saturated heterocycles. The van der Waals surface area contributed by atoms with Gasteiger partial charge in [-0.3, -0.25) is 4.90 Å². The number of methoxy groups -OCH3 is 1. The first-order chi connectivity index (χ1) is 14.9. The average Bonchev–Trinajstić information content (AvgIpc) is 2.77. The van der Waals surface area contributed by atoms with Crippen molar-refractivity contribution in [2.75, 3.05) is 46.4 Å². The molecule has 2 aromatic rings. The van der Waals surface area contributed by atoms with E-state index >= 15 is 0 Å². The first-order valence-electron chi connectivity index (χ1n) is 10.6. The van der Waals surface area contributed by atoms with Crippen LogP contribution in [0, 0.1) is 6.92 Å². The largest absolute Gasteiger partial charge is 0.465 e. The van der Waals surface area contributed by atoms with Gasteiger partial charge in [0, 0.05) is 39.3 Å². The summed E-state index contributed by atoms with van der Waals surface area (Å²) in [7, 11) is -2.32. The van der Waals surface area contributed by atoms with Crippen LogP contribution in [0.5, 0.6) is 0 Å². The van der Waals surface area contributed by atoms with Gasteiger partial charge in [-0.25, -0.2) is 17.9 Å². The summed E-state index contributed by atoms with van der Waals surface area (Å²) in [5.41, 5.74) is 2.19. The predicted molar refractivity (Wildman–Crippen MR) is 120 cm³/mol. The summed E-state index contributed by atoms with van der Waals surface area (Å²) in [6.45, 7) is 7.92. The van der Waals surface area contributed by atoms with Gasteiger partial charge >= 0.3 is 5.97 Å². The summed E-state index contributed by atoms with van der Waals surface area (Å²) < 4.78 is 32.6. The summed E-state index contributed by atoms with van der Waals surface area (Å²) in [4.78, 5) is 16.6. The fourth-order valence-electron chi connectivity index (χ4n) is 3.80. The Hall–Kier alpha value is -2.26. The van der Waals surface area contributed by atoms with Gasteiger partial charge in [-0.15, -0.1) is 0 Å². The van der Waals surface area contributed by atoms with Crippen molar-refractivity contribution in [3.8, 4) is 0 Å². The molecule has 0 aromatic heterocycles. The molecule has 31 heavy (non-hydrogen) atoms. The number of piperazine rings is 1. The minimum atomic E-state index is -3.62. The van der Waals surface area contributed by atoms with Crippen molar-refractivity contribution in [2.45, 2.75) is 24.8 Å². The third-order valence-corrected chi connectivity index (χ3v) is 7.16. The first kappa shape index (κ1) is 23.4. The predicted octanol–water partition coefficient (Wildman–Crippen LogP) is 2.27. The van der Waals surface area contributed by atoms with Gasteiger partial charge in [0.15, 0.2) is 0 Å². The van der Waals surface area contributed by atoms with Gasteiger partial charge < -0.3 is 9.64 Å². The summed E-state index contributed by atoms with van der Waals surface area (Å²) in [5, 5.41) is 0. The molecule has 168 valence electrons. The zero-order valence-electron chi connectivity index (χ0n) is 18.2. The second-order valence-electron chi connectivity index (χ2n) is 7.83. The molecule has 0 aliphatic carbocycles. The summed E-state index contributed by atoms with van der Waals surface area (Å²) in [5.74, 6) is -0.483. The van der Waals surface area contributed by atoms with E-state index in [2.05, 4.69) is 43.5 Å². The maximum atomic E-state index is 12.6. The molecular weight excluding hydrogens is 414 g/mol. The lowest BCUT2D eigenvalue weighted by Gasteiger charge is -2.34. The van der Waals surface area contributed by atoms with E-state index in [0.29, 0.717) is 17.7 Å². The van der Waals surface area contributed by atoms with Gasteiger partial charge in [0.2, 0.25) is 10.0 Å². The van der Waals surface area contributed by atoms with E-state index in [9.17, 15) is 13.2 Å². The number of aryl methyl sites for hydroxylation is 1. The molecule has 1 aliphatic rings. The standard InChI is InChI=1S/C23H31N3O4S/c1-19-17-21(23(27)30-2)9-10-22(19)31(28,29)24-11-6-12-25-13-15-26(16-14-25)18-20-7-4-3-5-8-20/h3-5,7-10,17,24H,6,11-16,18H2,1-2H3. The summed E-state index contributed by atoms with van der Waals surface area (Å²) >= 11 is 0. The molecule has 1 aliphatic heterocycles. The van der Waals surface area contributed by atoms with E-state index < -0.39 is 16.0 Å². The lowest BCUT2D eigenvalue weighted by molar-refractivity contribution is 0.0600. The van der Waals surface area contributed by atoms with Gasteiger partial charge in [-0.2, -0.15) is 0 Å². The van der Waals surface area contributed by atoms with E-state index in [1.54, 1.807) is 6.92 Å². The normalized spacial score (nSPS) is 15.7. The Balaban J connectivity index is 1.41. The number of hydrogen-bond acceptors (Lipinski definition) is 6. The van der Waals surface area contributed by atoms with Crippen molar-refractivity contribution >= 4 is 16.0 Å². The van der Waals surface area contributed by atoms with Crippen molar-refractivity contribution in [3.63, 3.8) is 0 Å². The second kappa shape index (κ2) is 10.9. The monoisotopic (exact) mass is 445 g/mol. The van der Waals surface area contributed by atoms with E-state index in [-0.39, 0.29) is 4.90 Å². The molecule has 7 nitrogen and oxygen atoms in total. The highest BCUT2D eigenvalue weighted by Gasteiger charge is 2.19. The van der Waals surface area contributed by atoms with Crippen LogP contribution in [-0.2, 0) is 21.3 Å². The van der Waals surface area contributed by atoms with E-state index in [1.165, 1.54) is 30.9 Å². The fraction of sp³-hybridized carbons (Fsp3) is 0.435.